The van der Waals surface area contributed by atoms with Crippen LogP contribution in [0.15, 0.2) is 17.2 Å². The van der Waals surface area contributed by atoms with Crippen LogP contribution in [-0.2, 0) is 0 Å². The molecule has 1 heterocycles. The second-order valence-corrected chi connectivity index (χ2v) is 3.73. The van der Waals surface area contributed by atoms with Crippen LogP contribution in [0.2, 0.25) is 0 Å². The molecule has 0 fully saturated rings. The van der Waals surface area contributed by atoms with Crippen molar-refractivity contribution in [2.45, 2.75) is 26.7 Å². The van der Waals surface area contributed by atoms with Gasteiger partial charge in [0.25, 0.3) is 5.56 Å². The summed E-state index contributed by atoms with van der Waals surface area (Å²) >= 11 is 0. The van der Waals surface area contributed by atoms with Crippen molar-refractivity contribution >= 4 is 5.82 Å². The molecule has 0 aliphatic carbocycles. The van der Waals surface area contributed by atoms with Crippen molar-refractivity contribution in [3.8, 4) is 0 Å². The molecule has 0 atom stereocenters. The Kier molecular flexibility index (Phi) is 4.16. The summed E-state index contributed by atoms with van der Waals surface area (Å²) in [5.74, 6) is 1.12. The van der Waals surface area contributed by atoms with Gasteiger partial charge in [-0.25, -0.2) is 4.98 Å². The van der Waals surface area contributed by atoms with Gasteiger partial charge in [0, 0.05) is 18.9 Å². The lowest BCUT2D eigenvalue weighted by Crippen LogP contribution is -2.16. The minimum atomic E-state index is -0.156. The molecule has 2 N–H and O–H groups in total. The molecule has 0 radical (unpaired) electrons. The van der Waals surface area contributed by atoms with Gasteiger partial charge < -0.3 is 10.3 Å². The van der Waals surface area contributed by atoms with Crippen LogP contribution in [0.4, 0.5) is 5.82 Å². The first kappa shape index (κ1) is 10.8. The highest BCUT2D eigenvalue weighted by atomic mass is 16.1. The van der Waals surface area contributed by atoms with E-state index in [1.807, 2.05) is 0 Å². The van der Waals surface area contributed by atoms with E-state index in [1.165, 1.54) is 6.20 Å². The lowest BCUT2D eigenvalue weighted by molar-refractivity contribution is 0.566. The molecule has 0 aliphatic rings. The topological polar surface area (TPSA) is 57.8 Å². The van der Waals surface area contributed by atoms with Crippen LogP contribution in [0.1, 0.15) is 26.7 Å². The number of anilines is 1. The van der Waals surface area contributed by atoms with E-state index in [2.05, 4.69) is 29.1 Å². The van der Waals surface area contributed by atoms with Crippen LogP contribution >= 0.6 is 0 Å². The van der Waals surface area contributed by atoms with E-state index in [0.717, 1.165) is 19.4 Å². The average molecular weight is 195 g/mol. The molecule has 1 aromatic rings. The normalized spacial score (nSPS) is 10.5. The number of nitrogens with one attached hydrogen (secondary N) is 2. The third-order valence-electron chi connectivity index (χ3n) is 1.96. The zero-order chi connectivity index (χ0) is 10.4. The molecule has 0 spiro atoms. The second-order valence-electron chi connectivity index (χ2n) is 3.73. The SMILES string of the molecule is CC(C)CCCNc1ncc[nH]c1=O. The van der Waals surface area contributed by atoms with Gasteiger partial charge in [0.05, 0.1) is 0 Å². The Morgan fingerprint density at radius 3 is 3.00 bits per heavy atom. The molecule has 1 rings (SSSR count). The van der Waals surface area contributed by atoms with Gasteiger partial charge in [-0.1, -0.05) is 13.8 Å². The van der Waals surface area contributed by atoms with Crippen molar-refractivity contribution in [2.75, 3.05) is 11.9 Å². The van der Waals surface area contributed by atoms with Crippen LogP contribution in [0.5, 0.6) is 0 Å². The summed E-state index contributed by atoms with van der Waals surface area (Å²) in [5.41, 5.74) is -0.156. The molecule has 14 heavy (non-hydrogen) atoms. The van der Waals surface area contributed by atoms with Crippen molar-refractivity contribution < 1.29 is 0 Å². The number of hydrogen-bond donors (Lipinski definition) is 2. The van der Waals surface area contributed by atoms with Gasteiger partial charge in [0.2, 0.25) is 0 Å². The predicted molar refractivity (Wildman–Crippen MR) is 57.4 cm³/mol. The van der Waals surface area contributed by atoms with Crippen LogP contribution in [0.25, 0.3) is 0 Å². The fourth-order valence-electron chi connectivity index (χ4n) is 1.19. The van der Waals surface area contributed by atoms with E-state index in [4.69, 9.17) is 0 Å². The fourth-order valence-corrected chi connectivity index (χ4v) is 1.19. The minimum Gasteiger partial charge on any atom is -0.365 e. The number of rotatable bonds is 5. The Labute approximate surface area is 83.8 Å². The zero-order valence-electron chi connectivity index (χ0n) is 8.71. The highest BCUT2D eigenvalue weighted by Crippen LogP contribution is 2.03. The number of aromatic amines is 1. The average Bonchev–Trinajstić information content (AvgIpc) is 2.15. The Morgan fingerprint density at radius 2 is 2.36 bits per heavy atom. The summed E-state index contributed by atoms with van der Waals surface area (Å²) < 4.78 is 0. The lowest BCUT2D eigenvalue weighted by Gasteiger charge is -2.05. The molecule has 78 valence electrons. The van der Waals surface area contributed by atoms with Gasteiger partial charge >= 0.3 is 0 Å². The van der Waals surface area contributed by atoms with Crippen LogP contribution in [0, 0.1) is 5.92 Å². The molecule has 0 amide bonds. The molecule has 4 heteroatoms. The molecule has 0 aliphatic heterocycles. The molecular formula is C10H17N3O. The predicted octanol–water partition coefficient (Wildman–Crippen LogP) is 1.62. The van der Waals surface area contributed by atoms with Gasteiger partial charge in [-0.05, 0) is 18.8 Å². The van der Waals surface area contributed by atoms with E-state index in [1.54, 1.807) is 6.20 Å². The first-order valence-electron chi connectivity index (χ1n) is 4.97. The van der Waals surface area contributed by atoms with Gasteiger partial charge in [0.1, 0.15) is 0 Å². The summed E-state index contributed by atoms with van der Waals surface area (Å²) in [5, 5.41) is 3.01. The summed E-state index contributed by atoms with van der Waals surface area (Å²) in [7, 11) is 0. The summed E-state index contributed by atoms with van der Waals surface area (Å²) in [4.78, 5) is 17.7. The van der Waals surface area contributed by atoms with Crippen molar-refractivity contribution in [3.05, 3.63) is 22.7 Å². The molecule has 0 unspecified atom stereocenters. The summed E-state index contributed by atoms with van der Waals surface area (Å²) in [6.45, 7) is 5.18. The molecule has 0 bridgehead atoms. The second kappa shape index (κ2) is 5.42. The van der Waals surface area contributed by atoms with Crippen LogP contribution in [-0.4, -0.2) is 16.5 Å². The first-order valence-corrected chi connectivity index (χ1v) is 4.97. The van der Waals surface area contributed by atoms with Crippen LogP contribution in [0.3, 0.4) is 0 Å². The van der Waals surface area contributed by atoms with Gasteiger partial charge in [0.15, 0.2) is 5.82 Å². The van der Waals surface area contributed by atoms with Gasteiger partial charge in [-0.2, -0.15) is 0 Å². The van der Waals surface area contributed by atoms with Crippen molar-refractivity contribution in [1.82, 2.24) is 9.97 Å². The fraction of sp³-hybridized carbons (Fsp3) is 0.600. The molecule has 0 saturated heterocycles. The van der Waals surface area contributed by atoms with Crippen molar-refractivity contribution in [1.29, 1.82) is 0 Å². The van der Waals surface area contributed by atoms with E-state index in [-0.39, 0.29) is 5.56 Å². The Balaban J connectivity index is 2.32. The molecular weight excluding hydrogens is 178 g/mol. The Bertz CT molecular complexity index is 319. The zero-order valence-corrected chi connectivity index (χ0v) is 8.71. The van der Waals surface area contributed by atoms with Gasteiger partial charge in [-0.15, -0.1) is 0 Å². The minimum absolute atomic E-state index is 0.156. The quantitative estimate of drug-likeness (QED) is 0.702. The standard InChI is InChI=1S/C10H17N3O/c1-8(2)4-3-5-11-9-10(14)13-7-6-12-9/h6-8H,3-5H2,1-2H3,(H,11,12)(H,13,14). The maximum absolute atomic E-state index is 11.2. The molecule has 1 aromatic heterocycles. The Morgan fingerprint density at radius 1 is 1.57 bits per heavy atom. The van der Waals surface area contributed by atoms with Crippen molar-refractivity contribution in [3.63, 3.8) is 0 Å². The van der Waals surface area contributed by atoms with Crippen molar-refractivity contribution in [2.24, 2.45) is 5.92 Å². The number of nitrogens with zero attached hydrogens (tertiary/aromatic N) is 1. The summed E-state index contributed by atoms with van der Waals surface area (Å²) in [6, 6.07) is 0. The summed E-state index contributed by atoms with van der Waals surface area (Å²) in [6.07, 6.45) is 5.33. The maximum Gasteiger partial charge on any atom is 0.290 e. The van der Waals surface area contributed by atoms with Crippen LogP contribution < -0.4 is 10.9 Å². The van der Waals surface area contributed by atoms with E-state index in [0.29, 0.717) is 11.7 Å². The van der Waals surface area contributed by atoms with E-state index >= 15 is 0 Å². The van der Waals surface area contributed by atoms with E-state index < -0.39 is 0 Å². The smallest absolute Gasteiger partial charge is 0.290 e. The van der Waals surface area contributed by atoms with E-state index in [9.17, 15) is 4.79 Å². The first-order chi connectivity index (χ1) is 6.70. The highest BCUT2D eigenvalue weighted by molar-refractivity contribution is 5.29. The van der Waals surface area contributed by atoms with Gasteiger partial charge in [-0.3, -0.25) is 4.79 Å². The monoisotopic (exact) mass is 195 g/mol. The maximum atomic E-state index is 11.2. The lowest BCUT2D eigenvalue weighted by atomic mass is 10.1. The third kappa shape index (κ3) is 3.60. The third-order valence-corrected chi connectivity index (χ3v) is 1.96. The Hall–Kier alpha value is -1.32. The molecule has 0 saturated carbocycles. The number of aromatic nitrogens is 2. The largest absolute Gasteiger partial charge is 0.365 e. The molecule has 4 nitrogen and oxygen atoms in total. The number of H-pyrrole nitrogens is 1. The molecule has 0 aromatic carbocycles. The number of hydrogen-bond acceptors (Lipinski definition) is 3. The highest BCUT2D eigenvalue weighted by Gasteiger charge is 1.98.